The van der Waals surface area contributed by atoms with E-state index in [1.165, 1.54) is 5.69 Å². The zero-order chi connectivity index (χ0) is 17.3. The fourth-order valence-corrected chi connectivity index (χ4v) is 3.43. The fourth-order valence-electron chi connectivity index (χ4n) is 3.43. The molecule has 2 heterocycles. The number of fused-ring (bicyclic) bond motifs is 1. The van der Waals surface area contributed by atoms with E-state index in [9.17, 15) is 14.7 Å². The summed E-state index contributed by atoms with van der Waals surface area (Å²) in [6.07, 6.45) is 2.02. The first kappa shape index (κ1) is 16.5. The number of imide groups is 1. The maximum Gasteiger partial charge on any atom is 0.328 e. The lowest BCUT2D eigenvalue weighted by molar-refractivity contribution is -0.120. The van der Waals surface area contributed by atoms with Crippen LogP contribution in [0.2, 0.25) is 0 Å². The van der Waals surface area contributed by atoms with Crippen molar-refractivity contribution in [1.82, 2.24) is 9.88 Å². The van der Waals surface area contributed by atoms with Crippen LogP contribution in [0, 0.1) is 0 Å². The molecule has 3 amide bonds. The number of carbonyl (C=O) groups is 2. The fraction of sp³-hybridized carbons (Fsp3) is 0.444. The molecule has 6 nitrogen and oxygen atoms in total. The molecular weight excluding hydrogens is 306 g/mol. The molecule has 24 heavy (non-hydrogen) atoms. The third-order valence-corrected chi connectivity index (χ3v) is 4.82. The van der Waals surface area contributed by atoms with E-state index in [2.05, 4.69) is 22.9 Å². The van der Waals surface area contributed by atoms with Gasteiger partial charge in [0.25, 0.3) is 0 Å². The first-order chi connectivity index (χ1) is 11.5. The van der Waals surface area contributed by atoms with Gasteiger partial charge in [0.1, 0.15) is 0 Å². The predicted octanol–water partition coefficient (Wildman–Crippen LogP) is 2.50. The van der Waals surface area contributed by atoms with Gasteiger partial charge in [0.05, 0.1) is 5.52 Å². The third-order valence-electron chi connectivity index (χ3n) is 4.82. The van der Waals surface area contributed by atoms with Crippen LogP contribution in [0.1, 0.15) is 37.8 Å². The number of aromatic nitrogens is 1. The normalized spacial score (nSPS) is 16.5. The lowest BCUT2D eigenvalue weighted by Crippen LogP contribution is -2.49. The highest BCUT2D eigenvalue weighted by Crippen LogP contribution is 2.31. The molecule has 0 radical (unpaired) electrons. The van der Waals surface area contributed by atoms with Crippen LogP contribution in [0.4, 0.5) is 10.5 Å². The van der Waals surface area contributed by atoms with E-state index in [-0.39, 0.29) is 18.5 Å². The molecule has 2 N–H and O–H groups in total. The SMILES string of the molecule is CCC(CCO)c1cc2ccc(N3CCC(=O)NC3=O)cc2n1C. The number of aliphatic hydroxyl groups is 1. The number of nitrogens with one attached hydrogen (secondary N) is 1. The average Bonchev–Trinajstić information content (AvgIpc) is 2.89. The molecule has 1 aromatic carbocycles. The number of rotatable bonds is 5. The van der Waals surface area contributed by atoms with E-state index >= 15 is 0 Å². The topological polar surface area (TPSA) is 74.6 Å². The molecule has 1 aliphatic heterocycles. The predicted molar refractivity (Wildman–Crippen MR) is 93.2 cm³/mol. The van der Waals surface area contributed by atoms with Crippen LogP contribution in [-0.4, -0.2) is 34.8 Å². The lowest BCUT2D eigenvalue weighted by Gasteiger charge is -2.26. The van der Waals surface area contributed by atoms with Crippen molar-refractivity contribution < 1.29 is 14.7 Å². The number of carbonyl (C=O) groups excluding carboxylic acids is 2. The van der Waals surface area contributed by atoms with Gasteiger partial charge in [-0.3, -0.25) is 15.0 Å². The van der Waals surface area contributed by atoms with Crippen LogP contribution >= 0.6 is 0 Å². The Bertz CT molecular complexity index is 781. The maximum absolute atomic E-state index is 12.0. The molecular formula is C18H23N3O3. The van der Waals surface area contributed by atoms with Crippen molar-refractivity contribution in [1.29, 1.82) is 0 Å². The minimum absolute atomic E-state index is 0.174. The summed E-state index contributed by atoms with van der Waals surface area (Å²) in [6, 6.07) is 7.69. The second kappa shape index (κ2) is 6.65. The van der Waals surface area contributed by atoms with Gasteiger partial charge in [-0.1, -0.05) is 13.0 Å². The molecule has 2 aromatic rings. The van der Waals surface area contributed by atoms with Gasteiger partial charge in [0.15, 0.2) is 0 Å². The van der Waals surface area contributed by atoms with Gasteiger partial charge in [0.2, 0.25) is 5.91 Å². The van der Waals surface area contributed by atoms with Crippen LogP contribution < -0.4 is 10.2 Å². The van der Waals surface area contributed by atoms with Crippen LogP contribution in [-0.2, 0) is 11.8 Å². The van der Waals surface area contributed by atoms with Gasteiger partial charge >= 0.3 is 6.03 Å². The van der Waals surface area contributed by atoms with Crippen molar-refractivity contribution in [2.75, 3.05) is 18.1 Å². The van der Waals surface area contributed by atoms with Gasteiger partial charge in [-0.25, -0.2) is 4.79 Å². The summed E-state index contributed by atoms with van der Waals surface area (Å²) in [6.45, 7) is 2.70. The Hall–Kier alpha value is -2.34. The van der Waals surface area contributed by atoms with Crippen LogP contribution in [0.5, 0.6) is 0 Å². The number of hydrogen-bond donors (Lipinski definition) is 2. The Morgan fingerprint density at radius 1 is 1.29 bits per heavy atom. The van der Waals surface area contributed by atoms with Crippen LogP contribution in [0.3, 0.4) is 0 Å². The minimum atomic E-state index is -0.369. The van der Waals surface area contributed by atoms with E-state index in [1.807, 2.05) is 25.2 Å². The van der Waals surface area contributed by atoms with Gasteiger partial charge < -0.3 is 9.67 Å². The number of benzene rings is 1. The summed E-state index contributed by atoms with van der Waals surface area (Å²) < 4.78 is 2.13. The number of urea groups is 1. The number of aliphatic hydroxyl groups excluding tert-OH is 1. The van der Waals surface area contributed by atoms with Crippen molar-refractivity contribution in [3.8, 4) is 0 Å². The lowest BCUT2D eigenvalue weighted by atomic mass is 9.99. The first-order valence-corrected chi connectivity index (χ1v) is 8.36. The molecule has 0 bridgehead atoms. The standard InChI is InChI=1S/C18H23N3O3/c1-3-12(7-9-22)15-10-13-4-5-14(11-16(13)20(15)2)21-8-6-17(23)19-18(21)24/h4-5,10-12,22H,3,6-9H2,1-2H3,(H,19,23,24). The van der Waals surface area contributed by atoms with Gasteiger partial charge in [-0.15, -0.1) is 0 Å². The molecule has 3 rings (SSSR count). The van der Waals surface area contributed by atoms with E-state index in [0.717, 1.165) is 29.4 Å². The second-order valence-corrected chi connectivity index (χ2v) is 6.24. The number of anilines is 1. The molecule has 1 aromatic heterocycles. The highest BCUT2D eigenvalue weighted by atomic mass is 16.3. The van der Waals surface area contributed by atoms with E-state index in [1.54, 1.807) is 4.90 Å². The number of aryl methyl sites for hydroxylation is 1. The quantitative estimate of drug-likeness (QED) is 0.885. The molecule has 0 spiro atoms. The molecule has 6 heteroatoms. The highest BCUT2D eigenvalue weighted by molar-refractivity contribution is 6.06. The molecule has 1 atom stereocenters. The van der Waals surface area contributed by atoms with Crippen molar-refractivity contribution in [3.63, 3.8) is 0 Å². The van der Waals surface area contributed by atoms with E-state index in [0.29, 0.717) is 18.9 Å². The van der Waals surface area contributed by atoms with E-state index < -0.39 is 0 Å². The smallest absolute Gasteiger partial charge is 0.328 e. The summed E-state index contributed by atoms with van der Waals surface area (Å²) in [5, 5.41) is 12.7. The van der Waals surface area contributed by atoms with Crippen molar-refractivity contribution in [3.05, 3.63) is 30.0 Å². The molecule has 0 aliphatic carbocycles. The molecule has 1 aliphatic rings. The second-order valence-electron chi connectivity index (χ2n) is 6.24. The first-order valence-electron chi connectivity index (χ1n) is 8.36. The van der Waals surface area contributed by atoms with Gasteiger partial charge in [-0.2, -0.15) is 0 Å². The number of nitrogens with zero attached hydrogens (tertiary/aromatic N) is 2. The zero-order valence-corrected chi connectivity index (χ0v) is 14.1. The van der Waals surface area contributed by atoms with Gasteiger partial charge in [0, 0.05) is 49.3 Å². The molecule has 1 unspecified atom stereocenters. The Kier molecular flexibility index (Phi) is 4.57. The van der Waals surface area contributed by atoms with Crippen molar-refractivity contribution >= 4 is 28.5 Å². The maximum atomic E-state index is 12.0. The highest BCUT2D eigenvalue weighted by Gasteiger charge is 2.25. The summed E-state index contributed by atoms with van der Waals surface area (Å²) in [5.74, 6) is 0.0834. The molecule has 1 saturated heterocycles. The summed E-state index contributed by atoms with van der Waals surface area (Å²) >= 11 is 0. The monoisotopic (exact) mass is 329 g/mol. The summed E-state index contributed by atoms with van der Waals surface area (Å²) in [7, 11) is 2.02. The van der Waals surface area contributed by atoms with Crippen LogP contribution in [0.15, 0.2) is 24.3 Å². The van der Waals surface area contributed by atoms with Crippen molar-refractivity contribution in [2.24, 2.45) is 7.05 Å². The van der Waals surface area contributed by atoms with Crippen molar-refractivity contribution in [2.45, 2.75) is 32.1 Å². The molecule has 0 saturated carbocycles. The summed E-state index contributed by atoms with van der Waals surface area (Å²) in [5.41, 5.74) is 3.02. The Balaban J connectivity index is 1.98. The summed E-state index contributed by atoms with van der Waals surface area (Å²) in [4.78, 5) is 24.9. The van der Waals surface area contributed by atoms with Crippen LogP contribution in [0.25, 0.3) is 10.9 Å². The number of amides is 3. The third kappa shape index (κ3) is 2.89. The number of hydrogen-bond acceptors (Lipinski definition) is 3. The Labute approximate surface area is 141 Å². The molecule has 1 fully saturated rings. The Morgan fingerprint density at radius 2 is 2.08 bits per heavy atom. The minimum Gasteiger partial charge on any atom is -0.396 e. The largest absolute Gasteiger partial charge is 0.396 e. The zero-order valence-electron chi connectivity index (χ0n) is 14.1. The van der Waals surface area contributed by atoms with Gasteiger partial charge in [-0.05, 0) is 31.0 Å². The average molecular weight is 329 g/mol. The van der Waals surface area contributed by atoms with E-state index in [4.69, 9.17) is 0 Å². The molecule has 128 valence electrons. The Morgan fingerprint density at radius 3 is 2.75 bits per heavy atom.